The van der Waals surface area contributed by atoms with E-state index >= 15 is 0 Å². The van der Waals surface area contributed by atoms with E-state index in [1.165, 1.54) is 0 Å². The quantitative estimate of drug-likeness (QED) is 0.447. The third-order valence-corrected chi connectivity index (χ3v) is 3.72. The summed E-state index contributed by atoms with van der Waals surface area (Å²) >= 11 is 0. The highest BCUT2D eigenvalue weighted by Crippen LogP contribution is 2.17. The normalized spacial score (nSPS) is 19.4. The van der Waals surface area contributed by atoms with Gasteiger partial charge in [0.2, 0.25) is 0 Å². The molecule has 1 saturated heterocycles. The molecule has 1 aliphatic rings. The van der Waals surface area contributed by atoms with Crippen molar-refractivity contribution in [2.24, 2.45) is 5.73 Å². The van der Waals surface area contributed by atoms with Crippen molar-refractivity contribution in [1.29, 1.82) is 0 Å². The minimum Gasteiger partial charge on any atom is -0.480 e. The number of hydrogen-bond acceptors (Lipinski definition) is 6. The lowest BCUT2D eigenvalue weighted by molar-refractivity contribution is -0.138. The maximum Gasteiger partial charge on any atom is 0.451 e. The van der Waals surface area contributed by atoms with Crippen LogP contribution in [0.25, 0.3) is 0 Å². The van der Waals surface area contributed by atoms with Crippen molar-refractivity contribution in [2.45, 2.75) is 57.4 Å². The standard InChI is InChI=1S/C10H20N2O3.C4H11BO2/c1-15-7-8-3-2-5-12(8)6-4-9(11)10(13)14;1-2-3-4-5(6)7/h8-9H,2-7,11H2,1H3,(H,13,14);6-7H,2-4H2,1H3/t8-,9?;/m1./s1. The number of carboxylic acid groups (broad SMARTS) is 1. The molecule has 130 valence electrons. The fraction of sp³-hybridized carbons (Fsp3) is 0.929. The van der Waals surface area contributed by atoms with Crippen LogP contribution in [0.3, 0.4) is 0 Å². The van der Waals surface area contributed by atoms with E-state index in [2.05, 4.69) is 4.90 Å². The van der Waals surface area contributed by atoms with E-state index in [4.69, 9.17) is 25.6 Å². The lowest BCUT2D eigenvalue weighted by Crippen LogP contribution is -2.38. The summed E-state index contributed by atoms with van der Waals surface area (Å²) in [6.07, 6.45) is 5.24. The van der Waals surface area contributed by atoms with Gasteiger partial charge >= 0.3 is 13.1 Å². The zero-order chi connectivity index (χ0) is 17.0. The number of hydrogen-bond donors (Lipinski definition) is 4. The molecule has 22 heavy (non-hydrogen) atoms. The number of carboxylic acids is 1. The van der Waals surface area contributed by atoms with Gasteiger partial charge in [-0.3, -0.25) is 9.69 Å². The lowest BCUT2D eigenvalue weighted by atomic mass is 9.84. The molecule has 1 heterocycles. The van der Waals surface area contributed by atoms with Gasteiger partial charge in [-0.1, -0.05) is 19.8 Å². The Kier molecular flexibility index (Phi) is 12.4. The Morgan fingerprint density at radius 2 is 2.18 bits per heavy atom. The molecule has 0 aromatic rings. The SMILES string of the molecule is CCCCB(O)O.COC[C@H]1CCCN1CCC(N)C(=O)O. The number of unbranched alkanes of at least 4 members (excludes halogenated alkanes) is 1. The first kappa shape index (κ1) is 21.3. The van der Waals surface area contributed by atoms with Gasteiger partial charge in [-0.05, 0) is 32.1 Å². The molecule has 0 aliphatic carbocycles. The first-order valence-corrected chi connectivity index (χ1v) is 7.99. The fourth-order valence-corrected chi connectivity index (χ4v) is 2.39. The Morgan fingerprint density at radius 3 is 2.64 bits per heavy atom. The third-order valence-electron chi connectivity index (χ3n) is 3.72. The molecule has 0 spiro atoms. The van der Waals surface area contributed by atoms with Crippen molar-refractivity contribution in [3.63, 3.8) is 0 Å². The van der Waals surface area contributed by atoms with Gasteiger partial charge in [0.05, 0.1) is 6.61 Å². The van der Waals surface area contributed by atoms with Crippen LogP contribution in [0.5, 0.6) is 0 Å². The second-order valence-electron chi connectivity index (χ2n) is 5.64. The largest absolute Gasteiger partial charge is 0.480 e. The molecule has 1 aliphatic heterocycles. The number of nitrogens with two attached hydrogens (primary N) is 1. The molecule has 7 nitrogen and oxygen atoms in total. The van der Waals surface area contributed by atoms with E-state index in [-0.39, 0.29) is 0 Å². The van der Waals surface area contributed by atoms with Gasteiger partial charge in [0, 0.05) is 19.7 Å². The van der Waals surface area contributed by atoms with E-state index in [1.807, 2.05) is 6.92 Å². The number of ether oxygens (including phenoxy) is 1. The van der Waals surface area contributed by atoms with Gasteiger partial charge in [-0.15, -0.1) is 0 Å². The molecular weight excluding hydrogens is 287 g/mol. The third kappa shape index (κ3) is 10.1. The van der Waals surface area contributed by atoms with Gasteiger partial charge in [0.25, 0.3) is 0 Å². The summed E-state index contributed by atoms with van der Waals surface area (Å²) in [5.74, 6) is -0.919. The van der Waals surface area contributed by atoms with Crippen molar-refractivity contribution in [2.75, 3.05) is 26.8 Å². The summed E-state index contributed by atoms with van der Waals surface area (Å²) in [7, 11) is 0.597. The monoisotopic (exact) mass is 318 g/mol. The maximum atomic E-state index is 10.5. The number of rotatable bonds is 9. The molecule has 0 aromatic heterocycles. The molecule has 1 rings (SSSR count). The number of nitrogens with zero attached hydrogens (tertiary/aromatic N) is 1. The van der Waals surface area contributed by atoms with Crippen LogP contribution in [0.15, 0.2) is 0 Å². The van der Waals surface area contributed by atoms with Crippen molar-refractivity contribution >= 4 is 13.1 Å². The predicted molar refractivity (Wildman–Crippen MR) is 86.6 cm³/mol. The van der Waals surface area contributed by atoms with Crippen LogP contribution in [0.2, 0.25) is 6.32 Å². The maximum absolute atomic E-state index is 10.5. The van der Waals surface area contributed by atoms with Crippen molar-refractivity contribution in [1.82, 2.24) is 4.90 Å². The molecular formula is C14H31BN2O5. The topological polar surface area (TPSA) is 116 Å². The van der Waals surface area contributed by atoms with Crippen LogP contribution in [0.1, 0.15) is 39.0 Å². The molecule has 8 heteroatoms. The highest BCUT2D eigenvalue weighted by Gasteiger charge is 2.25. The molecule has 1 fully saturated rings. The van der Waals surface area contributed by atoms with Gasteiger partial charge in [-0.25, -0.2) is 0 Å². The smallest absolute Gasteiger partial charge is 0.451 e. The zero-order valence-electron chi connectivity index (χ0n) is 13.8. The first-order chi connectivity index (χ1) is 10.4. The van der Waals surface area contributed by atoms with Crippen LogP contribution in [0, 0.1) is 0 Å². The van der Waals surface area contributed by atoms with Crippen molar-refractivity contribution in [3.05, 3.63) is 0 Å². The van der Waals surface area contributed by atoms with Crippen molar-refractivity contribution < 1.29 is 24.7 Å². The number of likely N-dealkylation sites (tertiary alicyclic amines) is 1. The lowest BCUT2D eigenvalue weighted by Gasteiger charge is -2.24. The molecule has 2 atom stereocenters. The van der Waals surface area contributed by atoms with Crippen molar-refractivity contribution in [3.8, 4) is 0 Å². The summed E-state index contributed by atoms with van der Waals surface area (Å²) < 4.78 is 5.12. The molecule has 0 saturated carbocycles. The Bertz CT molecular complexity index is 294. The minimum atomic E-state index is -1.10. The molecule has 0 amide bonds. The second kappa shape index (κ2) is 12.8. The molecule has 0 aromatic carbocycles. The number of methoxy groups -OCH3 is 1. The Balaban J connectivity index is 0.000000534. The highest BCUT2D eigenvalue weighted by atomic mass is 16.5. The van der Waals surface area contributed by atoms with E-state index in [0.717, 1.165) is 45.4 Å². The zero-order valence-corrected chi connectivity index (χ0v) is 13.8. The van der Waals surface area contributed by atoms with Gasteiger partial charge in [0.15, 0.2) is 0 Å². The fourth-order valence-electron chi connectivity index (χ4n) is 2.39. The van der Waals surface area contributed by atoms with Crippen LogP contribution in [-0.4, -0.2) is 72.0 Å². The molecule has 0 bridgehead atoms. The van der Waals surface area contributed by atoms with Gasteiger partial charge in [-0.2, -0.15) is 0 Å². The first-order valence-electron chi connectivity index (χ1n) is 7.99. The number of aliphatic carboxylic acids is 1. The summed E-state index contributed by atoms with van der Waals surface area (Å²) in [4.78, 5) is 12.8. The minimum absolute atomic E-state index is 0.441. The summed E-state index contributed by atoms with van der Waals surface area (Å²) in [5.41, 5.74) is 5.46. The van der Waals surface area contributed by atoms with Gasteiger partial charge < -0.3 is 25.6 Å². The van der Waals surface area contributed by atoms with Crippen LogP contribution in [-0.2, 0) is 9.53 Å². The predicted octanol–water partition coefficient (Wildman–Crippen LogP) is 0.159. The van der Waals surface area contributed by atoms with Crippen LogP contribution in [0.4, 0.5) is 0 Å². The average molecular weight is 318 g/mol. The van der Waals surface area contributed by atoms with E-state index in [9.17, 15) is 4.79 Å². The van der Waals surface area contributed by atoms with Gasteiger partial charge in [0.1, 0.15) is 6.04 Å². The van der Waals surface area contributed by atoms with E-state index in [0.29, 0.717) is 18.8 Å². The Hall–Kier alpha value is -0.665. The van der Waals surface area contributed by atoms with Crippen LogP contribution < -0.4 is 5.73 Å². The summed E-state index contributed by atoms with van der Waals surface area (Å²) in [5, 5.41) is 25.1. The summed E-state index contributed by atoms with van der Waals surface area (Å²) in [6, 6.07) is -0.301. The molecule has 0 radical (unpaired) electrons. The molecule has 1 unspecified atom stereocenters. The average Bonchev–Trinajstić information content (AvgIpc) is 2.90. The summed E-state index contributed by atoms with van der Waals surface area (Å²) in [6.45, 7) is 4.52. The second-order valence-corrected chi connectivity index (χ2v) is 5.64. The van der Waals surface area contributed by atoms with E-state index in [1.54, 1.807) is 7.11 Å². The number of carbonyl (C=O) groups is 1. The van der Waals surface area contributed by atoms with E-state index < -0.39 is 19.1 Å². The molecule has 5 N–H and O–H groups in total. The van der Waals surface area contributed by atoms with Crippen LogP contribution >= 0.6 is 0 Å². The Labute approximate surface area is 133 Å². The Morgan fingerprint density at radius 1 is 1.50 bits per heavy atom. The highest BCUT2D eigenvalue weighted by molar-refractivity contribution is 6.40.